The zero-order chi connectivity index (χ0) is 19.2. The van der Waals surface area contributed by atoms with E-state index in [2.05, 4.69) is 27.2 Å². The molecular weight excluding hydrogens is 362 g/mol. The Bertz CT molecular complexity index is 663. The Morgan fingerprint density at radius 2 is 2.04 bits per heavy atom. The molecule has 0 spiro atoms. The van der Waals surface area contributed by atoms with Crippen LogP contribution in [0.1, 0.15) is 18.4 Å². The van der Waals surface area contributed by atoms with Crippen LogP contribution in [0.2, 0.25) is 5.02 Å². The predicted molar refractivity (Wildman–Crippen MR) is 110 cm³/mol. The van der Waals surface area contributed by atoms with Crippen molar-refractivity contribution >= 4 is 23.5 Å². The summed E-state index contributed by atoms with van der Waals surface area (Å²) >= 11 is 5.94. The molecule has 3 rings (SSSR count). The second-order valence-electron chi connectivity index (χ2n) is 7.56. The fourth-order valence-electron chi connectivity index (χ4n) is 3.87. The first kappa shape index (κ1) is 20.0. The van der Waals surface area contributed by atoms with Gasteiger partial charge in [0, 0.05) is 44.8 Å². The van der Waals surface area contributed by atoms with Crippen LogP contribution in [-0.2, 0) is 11.3 Å². The van der Waals surface area contributed by atoms with Gasteiger partial charge < -0.3 is 20.0 Å². The van der Waals surface area contributed by atoms with Gasteiger partial charge in [-0.25, -0.2) is 0 Å². The van der Waals surface area contributed by atoms with Crippen molar-refractivity contribution in [2.45, 2.75) is 19.4 Å². The van der Waals surface area contributed by atoms with Crippen molar-refractivity contribution in [2.24, 2.45) is 10.9 Å². The first-order valence-electron chi connectivity index (χ1n) is 9.71. The topological polar surface area (TPSA) is 51.2 Å². The molecule has 0 aliphatic carbocycles. The molecule has 2 fully saturated rings. The van der Waals surface area contributed by atoms with E-state index < -0.39 is 0 Å². The summed E-state index contributed by atoms with van der Waals surface area (Å²) in [5.74, 6) is 1.61. The van der Waals surface area contributed by atoms with Crippen LogP contribution in [0.5, 0.6) is 0 Å². The van der Waals surface area contributed by atoms with Crippen molar-refractivity contribution in [1.82, 2.24) is 20.0 Å². The van der Waals surface area contributed by atoms with Crippen LogP contribution in [0, 0.1) is 5.92 Å². The van der Waals surface area contributed by atoms with Gasteiger partial charge in [-0.1, -0.05) is 23.7 Å². The van der Waals surface area contributed by atoms with Crippen LogP contribution < -0.4 is 5.32 Å². The summed E-state index contributed by atoms with van der Waals surface area (Å²) in [6.45, 7) is 5.73. The van der Waals surface area contributed by atoms with Crippen molar-refractivity contribution in [1.29, 1.82) is 0 Å². The zero-order valence-corrected chi connectivity index (χ0v) is 17.1. The fourth-order valence-corrected chi connectivity index (χ4v) is 4.00. The van der Waals surface area contributed by atoms with Gasteiger partial charge in [0.1, 0.15) is 0 Å². The molecule has 1 unspecified atom stereocenters. The zero-order valence-electron chi connectivity index (χ0n) is 16.3. The second kappa shape index (κ2) is 9.42. The highest BCUT2D eigenvalue weighted by Gasteiger charge is 2.26. The quantitative estimate of drug-likeness (QED) is 0.629. The number of rotatable bonds is 4. The minimum atomic E-state index is 0.136. The highest BCUT2D eigenvalue weighted by Crippen LogP contribution is 2.15. The molecule has 0 aromatic heterocycles. The number of carbonyl (C=O) groups excluding carboxylic acids is 1. The monoisotopic (exact) mass is 391 g/mol. The molecule has 1 atom stereocenters. The van der Waals surface area contributed by atoms with E-state index in [9.17, 15) is 4.79 Å². The number of carbonyl (C=O) groups is 1. The Morgan fingerprint density at radius 1 is 1.26 bits per heavy atom. The summed E-state index contributed by atoms with van der Waals surface area (Å²) in [7, 11) is 3.97. The maximum atomic E-state index is 12.6. The highest BCUT2D eigenvalue weighted by molar-refractivity contribution is 6.30. The van der Waals surface area contributed by atoms with E-state index in [0.29, 0.717) is 30.6 Å². The average molecular weight is 392 g/mol. The summed E-state index contributed by atoms with van der Waals surface area (Å²) < 4.78 is 0. The number of guanidine groups is 1. The lowest BCUT2D eigenvalue weighted by Gasteiger charge is -2.37. The number of benzene rings is 1. The second-order valence-corrected chi connectivity index (χ2v) is 8.00. The van der Waals surface area contributed by atoms with Crippen molar-refractivity contribution in [3.63, 3.8) is 0 Å². The van der Waals surface area contributed by atoms with E-state index in [-0.39, 0.29) is 5.91 Å². The van der Waals surface area contributed by atoms with Gasteiger partial charge in [-0.2, -0.15) is 0 Å². The van der Waals surface area contributed by atoms with Gasteiger partial charge in [0.15, 0.2) is 5.96 Å². The number of nitrogens with one attached hydrogen (secondary N) is 1. The average Bonchev–Trinajstić information content (AvgIpc) is 2.66. The van der Waals surface area contributed by atoms with Crippen LogP contribution in [0.25, 0.3) is 0 Å². The number of hydrogen-bond donors (Lipinski definition) is 1. The number of aliphatic imine (C=N–C) groups is 1. The first-order chi connectivity index (χ1) is 13.0. The SMILES string of the molecule is CN=C(NCC1CCCN(C)C1)N1CCN(Cc2ccc(Cl)cc2)C(=O)C1. The van der Waals surface area contributed by atoms with E-state index in [1.54, 1.807) is 7.05 Å². The summed E-state index contributed by atoms with van der Waals surface area (Å²) in [6, 6.07) is 7.69. The van der Waals surface area contributed by atoms with Gasteiger partial charge in [-0.05, 0) is 50.0 Å². The lowest BCUT2D eigenvalue weighted by Crippen LogP contribution is -2.55. The Labute approximate surface area is 167 Å². The molecule has 2 heterocycles. The molecule has 27 heavy (non-hydrogen) atoms. The van der Waals surface area contributed by atoms with E-state index >= 15 is 0 Å². The molecule has 0 saturated carbocycles. The predicted octanol–water partition coefficient (Wildman–Crippen LogP) is 1.90. The lowest BCUT2D eigenvalue weighted by molar-refractivity contribution is -0.135. The van der Waals surface area contributed by atoms with Crippen LogP contribution in [0.15, 0.2) is 29.3 Å². The van der Waals surface area contributed by atoms with Gasteiger partial charge in [-0.15, -0.1) is 0 Å². The van der Waals surface area contributed by atoms with Gasteiger partial charge in [-0.3, -0.25) is 9.79 Å². The van der Waals surface area contributed by atoms with Crippen LogP contribution >= 0.6 is 11.6 Å². The summed E-state index contributed by atoms with van der Waals surface area (Å²) in [5.41, 5.74) is 1.10. The highest BCUT2D eigenvalue weighted by atomic mass is 35.5. The first-order valence-corrected chi connectivity index (χ1v) is 10.1. The summed E-state index contributed by atoms with van der Waals surface area (Å²) in [4.78, 5) is 23.4. The Balaban J connectivity index is 1.49. The Kier molecular flexibility index (Phi) is 6.96. The third kappa shape index (κ3) is 5.59. The Hall–Kier alpha value is -1.79. The number of hydrogen-bond acceptors (Lipinski definition) is 3. The number of likely N-dealkylation sites (tertiary alicyclic amines) is 1. The minimum Gasteiger partial charge on any atom is -0.356 e. The molecule has 0 bridgehead atoms. The van der Waals surface area contributed by atoms with E-state index in [0.717, 1.165) is 31.2 Å². The van der Waals surface area contributed by atoms with Crippen molar-refractivity contribution in [3.8, 4) is 0 Å². The fraction of sp³-hybridized carbons (Fsp3) is 0.600. The molecule has 2 aliphatic rings. The molecule has 1 aromatic carbocycles. The molecule has 1 amide bonds. The van der Waals surface area contributed by atoms with Crippen LogP contribution in [0.4, 0.5) is 0 Å². The van der Waals surface area contributed by atoms with E-state index in [1.807, 2.05) is 29.2 Å². The molecule has 1 N–H and O–H groups in total. The third-order valence-electron chi connectivity index (χ3n) is 5.39. The van der Waals surface area contributed by atoms with Crippen molar-refractivity contribution in [3.05, 3.63) is 34.9 Å². The molecule has 7 heteroatoms. The van der Waals surface area contributed by atoms with Gasteiger partial charge in [0.25, 0.3) is 0 Å². The van der Waals surface area contributed by atoms with Gasteiger partial charge in [0.05, 0.1) is 6.54 Å². The van der Waals surface area contributed by atoms with Crippen molar-refractivity contribution in [2.75, 3.05) is 53.4 Å². The molecular formula is C20H30ClN5O. The summed E-state index contributed by atoms with van der Waals surface area (Å²) in [6.07, 6.45) is 2.51. The molecule has 0 radical (unpaired) electrons. The lowest BCUT2D eigenvalue weighted by atomic mass is 9.98. The molecule has 1 aromatic rings. The van der Waals surface area contributed by atoms with Gasteiger partial charge >= 0.3 is 0 Å². The molecule has 2 saturated heterocycles. The van der Waals surface area contributed by atoms with Gasteiger partial charge in [0.2, 0.25) is 5.91 Å². The van der Waals surface area contributed by atoms with Crippen molar-refractivity contribution < 1.29 is 4.79 Å². The minimum absolute atomic E-state index is 0.136. The number of amides is 1. The summed E-state index contributed by atoms with van der Waals surface area (Å²) in [5, 5.41) is 4.20. The number of nitrogens with zero attached hydrogens (tertiary/aromatic N) is 4. The normalized spacial score (nSPS) is 22.3. The third-order valence-corrected chi connectivity index (χ3v) is 5.64. The van der Waals surface area contributed by atoms with Crippen LogP contribution in [-0.4, -0.2) is 79.9 Å². The standard InChI is InChI=1S/C20H30ClN5O/c1-22-20(23-12-17-4-3-9-24(2)13-17)26-11-10-25(19(27)15-26)14-16-5-7-18(21)8-6-16/h5-8,17H,3-4,9-15H2,1-2H3,(H,22,23). The maximum Gasteiger partial charge on any atom is 0.242 e. The van der Waals surface area contributed by atoms with Crippen LogP contribution in [0.3, 0.4) is 0 Å². The smallest absolute Gasteiger partial charge is 0.242 e. The number of halogens is 1. The number of piperazine rings is 1. The largest absolute Gasteiger partial charge is 0.356 e. The van der Waals surface area contributed by atoms with E-state index in [4.69, 9.17) is 11.6 Å². The van der Waals surface area contributed by atoms with E-state index in [1.165, 1.54) is 19.4 Å². The maximum absolute atomic E-state index is 12.6. The molecule has 148 valence electrons. The Morgan fingerprint density at radius 3 is 2.70 bits per heavy atom. The molecule has 6 nitrogen and oxygen atoms in total. The molecule has 2 aliphatic heterocycles. The number of piperidine rings is 1.